The van der Waals surface area contributed by atoms with Crippen LogP contribution in [0.1, 0.15) is 38.5 Å². The molecule has 0 amide bonds. The van der Waals surface area contributed by atoms with Crippen LogP contribution in [0.4, 0.5) is 0 Å². The molecule has 0 N–H and O–H groups in total. The van der Waals surface area contributed by atoms with E-state index in [9.17, 15) is 14.4 Å². The molecule has 3 unspecified atom stereocenters. The van der Waals surface area contributed by atoms with Crippen molar-refractivity contribution >= 4 is 88.5 Å². The number of rotatable bonds is 6. The molecule has 0 bridgehead atoms. The topological polar surface area (TPSA) is 51.2 Å². The molecule has 25 heavy (non-hydrogen) atoms. The van der Waals surface area contributed by atoms with Crippen LogP contribution in [0, 0.1) is 35.6 Å². The molecule has 138 valence electrons. The first-order valence-corrected chi connectivity index (χ1v) is 12.2. The normalized spacial score (nSPS) is 25.7. The summed E-state index contributed by atoms with van der Waals surface area (Å²) in [6, 6.07) is 0. The van der Waals surface area contributed by atoms with Gasteiger partial charge in [-0.15, -0.1) is 0 Å². The van der Waals surface area contributed by atoms with Gasteiger partial charge in [0, 0.05) is 31.1 Å². The fourth-order valence-electron chi connectivity index (χ4n) is 1.89. The Morgan fingerprint density at radius 2 is 0.840 bits per heavy atom. The molecule has 0 aliphatic carbocycles. The molecule has 3 rings (SSSR count). The van der Waals surface area contributed by atoms with Crippen molar-refractivity contribution < 1.29 is 50.0 Å². The molecule has 3 fully saturated rings. The molecule has 0 spiro atoms. The number of carbonyl (C=O) groups excluding carboxylic acids is 3. The Hall–Kier alpha value is 1.91. The van der Waals surface area contributed by atoms with E-state index >= 15 is 0 Å². The maximum Gasteiger partial charge on any atom is 3.00 e. The Morgan fingerprint density at radius 3 is 0.880 bits per heavy atom. The van der Waals surface area contributed by atoms with E-state index in [0.717, 1.165) is 0 Å². The smallest absolute Gasteiger partial charge is 0.742 e. The predicted octanol–water partition coefficient (Wildman–Crippen LogP) is 2.87. The molecule has 3 heterocycles. The summed E-state index contributed by atoms with van der Waals surface area (Å²) in [6.07, 6.45) is 5.40. The largest absolute Gasteiger partial charge is 3.00 e. The quantitative estimate of drug-likeness (QED) is 0.442. The van der Waals surface area contributed by atoms with E-state index in [1.165, 1.54) is 36.5 Å². The molecule has 3 saturated heterocycles. The van der Waals surface area contributed by atoms with Crippen molar-refractivity contribution in [3.63, 3.8) is 0 Å². The first-order chi connectivity index (χ1) is 11.4. The number of hydrogen-bond donors (Lipinski definition) is 0. The van der Waals surface area contributed by atoms with Crippen LogP contribution in [0.2, 0.25) is 0 Å². The maximum atomic E-state index is 10.2. The van der Waals surface area contributed by atoms with E-state index < -0.39 is 0 Å². The van der Waals surface area contributed by atoms with Gasteiger partial charge in [-0.25, -0.2) is 0 Å². The number of thioether (sulfide) groups is 3. The van der Waals surface area contributed by atoms with Gasteiger partial charge < -0.3 is 52.3 Å². The Kier molecular flexibility index (Phi) is 17.0. The van der Waals surface area contributed by atoms with Crippen molar-refractivity contribution in [2.24, 2.45) is 0 Å². The van der Waals surface area contributed by atoms with Crippen molar-refractivity contribution in [1.29, 1.82) is 0 Å². The molecule has 0 aromatic rings. The molecule has 0 saturated carbocycles. The van der Waals surface area contributed by atoms with E-state index in [2.05, 4.69) is 37.9 Å². The van der Waals surface area contributed by atoms with Crippen molar-refractivity contribution in [2.45, 2.75) is 54.3 Å². The van der Waals surface area contributed by atoms with Crippen molar-refractivity contribution in [3.05, 3.63) is 0 Å². The molecular weight excluding hydrogens is 559 g/mol. The molecule has 3 aliphatic heterocycles. The summed E-state index contributed by atoms with van der Waals surface area (Å²) in [5.41, 5.74) is 0. The summed E-state index contributed by atoms with van der Waals surface area (Å²) < 4.78 is 0. The van der Waals surface area contributed by atoms with Crippen LogP contribution in [0.25, 0.3) is 0 Å². The zero-order chi connectivity index (χ0) is 17.9. The van der Waals surface area contributed by atoms with Gasteiger partial charge in [0.1, 0.15) is 0 Å². The molecule has 0 aromatic heterocycles. The molecule has 0 radical (unpaired) electrons. The second-order valence-electron chi connectivity index (χ2n) is 5.57. The standard InChI is InChI=1S/3C5H8OS2.La/c3*6-5(7)3-4-1-2-8-4;/h3*4H,1-3H2,(H,6,7);/q;;;+3/p-3. The van der Waals surface area contributed by atoms with Crippen LogP contribution in [0.3, 0.4) is 0 Å². The van der Waals surface area contributed by atoms with Gasteiger partial charge in [-0.1, -0.05) is 0 Å². The van der Waals surface area contributed by atoms with E-state index in [0.29, 0.717) is 35.0 Å². The average Bonchev–Trinajstić information content (AvgIpc) is 2.35. The van der Waals surface area contributed by atoms with Gasteiger partial charge >= 0.3 is 35.6 Å². The van der Waals surface area contributed by atoms with Crippen LogP contribution in [-0.2, 0) is 52.3 Å². The molecule has 10 heteroatoms. The van der Waals surface area contributed by atoms with Crippen molar-refractivity contribution in [2.75, 3.05) is 17.3 Å². The van der Waals surface area contributed by atoms with Crippen LogP contribution in [0.5, 0.6) is 0 Å². The van der Waals surface area contributed by atoms with Gasteiger partial charge in [0.05, 0.1) is 0 Å². The van der Waals surface area contributed by atoms with E-state index in [1.54, 1.807) is 0 Å². The third-order valence-electron chi connectivity index (χ3n) is 3.56. The monoisotopic (exact) mass is 580 g/mol. The fraction of sp³-hybridized carbons (Fsp3) is 0.800. The summed E-state index contributed by atoms with van der Waals surface area (Å²) in [7, 11) is 0. The zero-order valence-electron chi connectivity index (χ0n) is 13.8. The second kappa shape index (κ2) is 15.8. The zero-order valence-corrected chi connectivity index (χ0v) is 22.4. The summed E-state index contributed by atoms with van der Waals surface area (Å²) in [4.78, 5) is 30.7. The Morgan fingerprint density at radius 1 is 0.640 bits per heavy atom. The Labute approximate surface area is 207 Å². The third-order valence-corrected chi connectivity index (χ3v) is 8.10. The SMILES string of the molecule is O=C([S-])CC1CCS1.O=C([S-])CC1CCS1.O=C([S-])CC1CCS1.[La+3]. The molecular formula is C15H21LaO3S6. The summed E-state index contributed by atoms with van der Waals surface area (Å²) >= 11 is 18.7. The van der Waals surface area contributed by atoms with Crippen LogP contribution >= 0.6 is 35.3 Å². The summed E-state index contributed by atoms with van der Waals surface area (Å²) in [5.74, 6) is 3.65. The molecule has 3 atom stereocenters. The Balaban J connectivity index is 0.000000339. The van der Waals surface area contributed by atoms with Gasteiger partial charge in [-0.05, 0) is 55.8 Å². The van der Waals surface area contributed by atoms with Crippen molar-refractivity contribution in [3.8, 4) is 0 Å². The summed E-state index contributed by atoms with van der Waals surface area (Å²) in [5, 5.41) is 1.46. The molecule has 3 nitrogen and oxygen atoms in total. The molecule has 3 aliphatic rings. The molecule has 0 aromatic carbocycles. The second-order valence-corrected chi connectivity index (χ2v) is 11.2. The van der Waals surface area contributed by atoms with Crippen LogP contribution in [0.15, 0.2) is 0 Å². The minimum Gasteiger partial charge on any atom is -0.742 e. The van der Waals surface area contributed by atoms with E-state index in [-0.39, 0.29) is 50.9 Å². The van der Waals surface area contributed by atoms with Crippen LogP contribution < -0.4 is 0 Å². The first kappa shape index (κ1) is 26.9. The fourth-order valence-corrected chi connectivity index (χ4v) is 5.33. The number of carbonyl (C=O) groups is 3. The third kappa shape index (κ3) is 14.6. The summed E-state index contributed by atoms with van der Waals surface area (Å²) in [6.45, 7) is 0. The van der Waals surface area contributed by atoms with Gasteiger partial charge in [0.2, 0.25) is 0 Å². The average molecular weight is 581 g/mol. The van der Waals surface area contributed by atoms with E-state index in [1.807, 2.05) is 35.3 Å². The van der Waals surface area contributed by atoms with Crippen LogP contribution in [-0.4, -0.2) is 48.4 Å². The van der Waals surface area contributed by atoms with E-state index in [4.69, 9.17) is 0 Å². The van der Waals surface area contributed by atoms with Gasteiger partial charge in [0.25, 0.3) is 0 Å². The van der Waals surface area contributed by atoms with Gasteiger partial charge in [-0.2, -0.15) is 35.3 Å². The van der Waals surface area contributed by atoms with Crippen molar-refractivity contribution in [1.82, 2.24) is 0 Å². The maximum absolute atomic E-state index is 10.2. The minimum atomic E-state index is -0.0813. The first-order valence-electron chi connectivity index (χ1n) is 7.81. The number of hydrogen-bond acceptors (Lipinski definition) is 9. The minimum absolute atomic E-state index is 0. The predicted molar refractivity (Wildman–Crippen MR) is 114 cm³/mol. The van der Waals surface area contributed by atoms with Gasteiger partial charge in [0.15, 0.2) is 0 Å². The van der Waals surface area contributed by atoms with Gasteiger partial charge in [-0.3, -0.25) is 0 Å². The Bertz CT molecular complexity index is 364.